The van der Waals surface area contributed by atoms with Crippen LogP contribution in [0.1, 0.15) is 30.3 Å². The monoisotopic (exact) mass is 358 g/mol. The van der Waals surface area contributed by atoms with Crippen LogP contribution in [0.2, 0.25) is 0 Å². The zero-order valence-corrected chi connectivity index (χ0v) is 13.6. The minimum Gasteiger partial charge on any atom is -0.366 e. The number of aromatic amines is 1. The number of hydrogen-bond donors (Lipinski definition) is 2. The maximum atomic E-state index is 13.9. The first-order valence-electron chi connectivity index (χ1n) is 7.33. The van der Waals surface area contributed by atoms with Gasteiger partial charge in [-0.05, 0) is 31.4 Å². The molecule has 0 unspecified atom stereocenters. The summed E-state index contributed by atoms with van der Waals surface area (Å²) in [6.45, 7) is 1.32. The van der Waals surface area contributed by atoms with Gasteiger partial charge in [-0.15, -0.1) is 0 Å². The molecule has 10 heteroatoms. The molecule has 0 aliphatic carbocycles. The second-order valence-corrected chi connectivity index (χ2v) is 7.29. The molecule has 0 spiro atoms. The van der Waals surface area contributed by atoms with Gasteiger partial charge in [0.05, 0.1) is 6.10 Å². The Labute approximate surface area is 137 Å². The number of aryl methyl sites for hydroxylation is 1. The van der Waals surface area contributed by atoms with Crippen LogP contribution in [0.3, 0.4) is 0 Å². The fourth-order valence-corrected chi connectivity index (χ4v) is 3.68. The third-order valence-electron chi connectivity index (χ3n) is 3.88. The molecule has 24 heavy (non-hydrogen) atoms. The Morgan fingerprint density at radius 1 is 1.33 bits per heavy atom. The molecule has 2 aromatic rings. The van der Waals surface area contributed by atoms with Crippen molar-refractivity contribution in [3.63, 3.8) is 0 Å². The Bertz CT molecular complexity index is 827. The number of ether oxygens (including phenoxy) is 1. The van der Waals surface area contributed by atoms with Crippen LogP contribution in [0, 0.1) is 18.6 Å². The molecule has 0 bridgehead atoms. The quantitative estimate of drug-likeness (QED) is 0.846. The van der Waals surface area contributed by atoms with Gasteiger partial charge in [0.1, 0.15) is 17.3 Å². The van der Waals surface area contributed by atoms with Crippen LogP contribution in [-0.2, 0) is 14.8 Å². The first kappa shape index (κ1) is 16.9. The predicted molar refractivity (Wildman–Crippen MR) is 79.5 cm³/mol. The smallest absolute Gasteiger partial charge is 0.243 e. The highest BCUT2D eigenvalue weighted by molar-refractivity contribution is 7.89. The van der Waals surface area contributed by atoms with Crippen LogP contribution in [-0.4, -0.2) is 36.2 Å². The molecule has 1 fully saturated rings. The summed E-state index contributed by atoms with van der Waals surface area (Å²) in [7, 11) is -4.17. The predicted octanol–water partition coefficient (Wildman–Crippen LogP) is 1.59. The van der Waals surface area contributed by atoms with E-state index in [-0.39, 0.29) is 24.3 Å². The number of aromatic nitrogens is 3. The fraction of sp³-hybridized carbons (Fsp3) is 0.429. The van der Waals surface area contributed by atoms with Gasteiger partial charge in [-0.25, -0.2) is 26.9 Å². The van der Waals surface area contributed by atoms with Gasteiger partial charge in [0.2, 0.25) is 10.0 Å². The average molecular weight is 358 g/mol. The van der Waals surface area contributed by atoms with Gasteiger partial charge in [0.25, 0.3) is 0 Å². The first-order valence-corrected chi connectivity index (χ1v) is 8.82. The number of sulfonamides is 1. The second-order valence-electron chi connectivity index (χ2n) is 5.56. The highest BCUT2D eigenvalue weighted by Crippen LogP contribution is 2.30. The van der Waals surface area contributed by atoms with Gasteiger partial charge in [0.15, 0.2) is 17.5 Å². The van der Waals surface area contributed by atoms with E-state index in [9.17, 15) is 17.2 Å². The summed E-state index contributed by atoms with van der Waals surface area (Å²) in [4.78, 5) is 3.28. The normalized spacial score (nSPS) is 21.3. The number of H-pyrrole nitrogens is 1. The van der Waals surface area contributed by atoms with Crippen LogP contribution >= 0.6 is 0 Å². The van der Waals surface area contributed by atoms with Crippen LogP contribution in [0.25, 0.3) is 0 Å². The highest BCUT2D eigenvalue weighted by atomic mass is 32.2. The van der Waals surface area contributed by atoms with Crippen molar-refractivity contribution >= 4 is 10.0 Å². The van der Waals surface area contributed by atoms with Gasteiger partial charge < -0.3 is 4.74 Å². The molecule has 3 rings (SSSR count). The molecular weight excluding hydrogens is 342 g/mol. The topological polar surface area (TPSA) is 97.0 Å². The number of nitrogens with zero attached hydrogens (tertiary/aromatic N) is 2. The third-order valence-corrected chi connectivity index (χ3v) is 5.32. The van der Waals surface area contributed by atoms with Crippen molar-refractivity contribution in [2.24, 2.45) is 0 Å². The summed E-state index contributed by atoms with van der Waals surface area (Å²) in [6, 6.07) is 2.27. The summed E-state index contributed by atoms with van der Waals surface area (Å²) in [6.07, 6.45) is 1.97. The molecular formula is C14H16F2N4O3S. The number of hydrogen-bond acceptors (Lipinski definition) is 5. The van der Waals surface area contributed by atoms with Crippen LogP contribution in [0.15, 0.2) is 23.4 Å². The van der Waals surface area contributed by atoms with Crippen LogP contribution in [0.4, 0.5) is 8.78 Å². The Balaban J connectivity index is 1.65. The van der Waals surface area contributed by atoms with Crippen molar-refractivity contribution in [2.75, 3.05) is 6.54 Å². The second kappa shape index (κ2) is 6.54. The van der Waals surface area contributed by atoms with E-state index < -0.39 is 26.6 Å². The summed E-state index contributed by atoms with van der Waals surface area (Å²) < 4.78 is 59.7. The van der Waals surface area contributed by atoms with Crippen molar-refractivity contribution in [1.82, 2.24) is 19.9 Å². The average Bonchev–Trinajstić information content (AvgIpc) is 3.21. The van der Waals surface area contributed by atoms with E-state index in [1.54, 1.807) is 0 Å². The molecule has 2 heterocycles. The lowest BCUT2D eigenvalue weighted by atomic mass is 10.2. The number of rotatable bonds is 5. The largest absolute Gasteiger partial charge is 0.366 e. The molecule has 7 nitrogen and oxygen atoms in total. The van der Waals surface area contributed by atoms with E-state index in [2.05, 4.69) is 19.9 Å². The maximum absolute atomic E-state index is 13.9. The van der Waals surface area contributed by atoms with E-state index in [0.29, 0.717) is 18.7 Å². The highest BCUT2D eigenvalue weighted by Gasteiger charge is 2.30. The molecule has 0 amide bonds. The molecule has 1 aliphatic heterocycles. The van der Waals surface area contributed by atoms with Crippen molar-refractivity contribution < 1.29 is 21.9 Å². The number of benzene rings is 1. The van der Waals surface area contributed by atoms with Gasteiger partial charge in [0, 0.05) is 6.54 Å². The zero-order chi connectivity index (χ0) is 17.3. The van der Waals surface area contributed by atoms with Crippen molar-refractivity contribution in [3.05, 3.63) is 41.5 Å². The van der Waals surface area contributed by atoms with E-state index in [1.165, 1.54) is 19.3 Å². The van der Waals surface area contributed by atoms with Crippen LogP contribution in [0.5, 0.6) is 0 Å². The van der Waals surface area contributed by atoms with Gasteiger partial charge >= 0.3 is 0 Å². The lowest BCUT2D eigenvalue weighted by molar-refractivity contribution is 0.0430. The van der Waals surface area contributed by atoms with E-state index in [4.69, 9.17) is 4.74 Å². The molecule has 0 saturated carbocycles. The van der Waals surface area contributed by atoms with Crippen molar-refractivity contribution in [2.45, 2.75) is 36.9 Å². The van der Waals surface area contributed by atoms with Gasteiger partial charge in [-0.1, -0.05) is 6.07 Å². The molecule has 2 N–H and O–H groups in total. The lowest BCUT2D eigenvalue weighted by Crippen LogP contribution is -2.32. The molecule has 1 saturated heterocycles. The maximum Gasteiger partial charge on any atom is 0.243 e. The molecule has 0 radical (unpaired) electrons. The first-order chi connectivity index (χ1) is 11.4. The molecule has 1 aromatic carbocycles. The summed E-state index contributed by atoms with van der Waals surface area (Å²) in [5.74, 6) is -1.97. The van der Waals surface area contributed by atoms with E-state index >= 15 is 0 Å². The Morgan fingerprint density at radius 2 is 2.12 bits per heavy atom. The fourth-order valence-electron chi connectivity index (χ4n) is 2.54. The number of nitrogens with one attached hydrogen (secondary N) is 2. The standard InChI is InChI=1S/C14H16F2N4O3S/c1-8-2-5-11(13(16)12(8)15)24(21,22)19-6-9-3-4-10(23-9)14-17-7-18-20-14/h2,5,7,9-10,19H,3-4,6H2,1H3,(H,17,18,20)/t9-,10+/m1/s1. The summed E-state index contributed by atoms with van der Waals surface area (Å²) in [5, 5.41) is 6.44. The number of halogens is 2. The Hall–Kier alpha value is -1.91. The third kappa shape index (κ3) is 3.30. The van der Waals surface area contributed by atoms with Gasteiger partial charge in [-0.3, -0.25) is 5.10 Å². The lowest BCUT2D eigenvalue weighted by Gasteiger charge is -2.14. The molecule has 130 valence electrons. The van der Waals surface area contributed by atoms with Crippen LogP contribution < -0.4 is 4.72 Å². The Morgan fingerprint density at radius 3 is 2.83 bits per heavy atom. The van der Waals surface area contributed by atoms with Crippen molar-refractivity contribution in [3.8, 4) is 0 Å². The Kier molecular flexibility index (Phi) is 4.61. The SMILES string of the molecule is Cc1ccc(S(=O)(=O)NC[C@H]2CC[C@@H](c3ncn[nH]3)O2)c(F)c1F. The van der Waals surface area contributed by atoms with Gasteiger partial charge in [-0.2, -0.15) is 5.10 Å². The van der Waals surface area contributed by atoms with E-state index in [1.807, 2.05) is 0 Å². The zero-order valence-electron chi connectivity index (χ0n) is 12.8. The minimum atomic E-state index is -4.17. The van der Waals surface area contributed by atoms with E-state index in [0.717, 1.165) is 6.07 Å². The van der Waals surface area contributed by atoms with Crippen molar-refractivity contribution in [1.29, 1.82) is 0 Å². The molecule has 2 atom stereocenters. The summed E-state index contributed by atoms with van der Waals surface area (Å²) >= 11 is 0. The summed E-state index contributed by atoms with van der Waals surface area (Å²) in [5.41, 5.74) is 0.0421. The molecule has 1 aliphatic rings. The minimum absolute atomic E-state index is 0.0398. The molecule has 1 aromatic heterocycles.